The van der Waals surface area contributed by atoms with Crippen LogP contribution >= 0.6 is 23.4 Å². The largest absolute Gasteiger partial charge is 0.398 e. The van der Waals surface area contributed by atoms with Gasteiger partial charge in [-0.25, -0.2) is 0 Å². The van der Waals surface area contributed by atoms with E-state index in [1.807, 2.05) is 24.3 Å². The average molecular weight is 305 g/mol. The molecule has 2 aromatic rings. The molecule has 2 aromatic carbocycles. The number of benzene rings is 2. The molecule has 20 heavy (non-hydrogen) atoms. The Morgan fingerprint density at radius 2 is 2.05 bits per heavy atom. The second-order valence-electron chi connectivity index (χ2n) is 4.50. The quantitative estimate of drug-likeness (QED) is 0.818. The summed E-state index contributed by atoms with van der Waals surface area (Å²) in [5.74, 6) is 0.808. The molecule has 5 heteroatoms. The third kappa shape index (κ3) is 2.37. The number of carbonyl (C=O) groups is 1. The Balaban J connectivity index is 2.00. The van der Waals surface area contributed by atoms with Gasteiger partial charge in [0.05, 0.1) is 11.3 Å². The summed E-state index contributed by atoms with van der Waals surface area (Å²) in [5.41, 5.74) is 7.77. The number of carbonyl (C=O) groups excluding carboxylic acids is 1. The number of hydrogen-bond donors (Lipinski definition) is 1. The molecule has 0 unspecified atom stereocenters. The summed E-state index contributed by atoms with van der Waals surface area (Å²) in [4.78, 5) is 15.6. The Hall–Kier alpha value is -1.65. The molecule has 0 saturated heterocycles. The molecule has 1 aliphatic heterocycles. The first-order valence-electron chi connectivity index (χ1n) is 6.25. The number of nitrogens with two attached hydrogens (primary N) is 1. The van der Waals surface area contributed by atoms with E-state index in [0.29, 0.717) is 22.8 Å². The van der Waals surface area contributed by atoms with Crippen molar-refractivity contribution in [1.82, 2.24) is 0 Å². The minimum atomic E-state index is -0.0769. The van der Waals surface area contributed by atoms with E-state index in [4.69, 9.17) is 17.3 Å². The van der Waals surface area contributed by atoms with Crippen molar-refractivity contribution in [3.63, 3.8) is 0 Å². The number of thioether (sulfide) groups is 1. The van der Waals surface area contributed by atoms with Gasteiger partial charge < -0.3 is 10.6 Å². The standard InChI is InChI=1S/C15H13ClN2OS/c16-10-5-6-11(12(17)9-10)15(19)18-7-8-20-14-4-2-1-3-13(14)18/h1-6,9H,7-8,17H2. The molecule has 0 radical (unpaired) electrons. The van der Waals surface area contributed by atoms with Crippen molar-refractivity contribution in [1.29, 1.82) is 0 Å². The van der Waals surface area contributed by atoms with Crippen molar-refractivity contribution in [3.05, 3.63) is 53.1 Å². The van der Waals surface area contributed by atoms with Crippen molar-refractivity contribution in [3.8, 4) is 0 Å². The van der Waals surface area contributed by atoms with E-state index in [0.717, 1.165) is 16.3 Å². The monoisotopic (exact) mass is 304 g/mol. The van der Waals surface area contributed by atoms with Crippen molar-refractivity contribution in [2.24, 2.45) is 0 Å². The van der Waals surface area contributed by atoms with Gasteiger partial charge in [-0.2, -0.15) is 0 Å². The van der Waals surface area contributed by atoms with Crippen molar-refractivity contribution >= 4 is 40.6 Å². The number of hydrogen-bond acceptors (Lipinski definition) is 3. The molecule has 102 valence electrons. The lowest BCUT2D eigenvalue weighted by molar-refractivity contribution is 0.0988. The third-order valence-electron chi connectivity index (χ3n) is 3.22. The Morgan fingerprint density at radius 1 is 1.25 bits per heavy atom. The summed E-state index contributed by atoms with van der Waals surface area (Å²) in [6.45, 7) is 0.683. The van der Waals surface area contributed by atoms with Crippen LogP contribution in [0.2, 0.25) is 5.02 Å². The molecule has 0 atom stereocenters. The van der Waals surface area contributed by atoms with Gasteiger partial charge in [-0.15, -0.1) is 11.8 Å². The van der Waals surface area contributed by atoms with Crippen molar-refractivity contribution in [2.75, 3.05) is 22.9 Å². The lowest BCUT2D eigenvalue weighted by Crippen LogP contribution is -2.35. The maximum absolute atomic E-state index is 12.7. The Bertz CT molecular complexity index is 675. The van der Waals surface area contributed by atoms with E-state index in [2.05, 4.69) is 0 Å². The zero-order chi connectivity index (χ0) is 14.1. The van der Waals surface area contributed by atoms with Crippen LogP contribution in [0, 0.1) is 0 Å². The van der Waals surface area contributed by atoms with E-state index >= 15 is 0 Å². The molecule has 1 heterocycles. The number of rotatable bonds is 1. The average Bonchev–Trinajstić information content (AvgIpc) is 2.46. The first-order valence-corrected chi connectivity index (χ1v) is 7.62. The predicted molar refractivity (Wildman–Crippen MR) is 84.7 cm³/mol. The van der Waals surface area contributed by atoms with E-state index in [1.165, 1.54) is 0 Å². The van der Waals surface area contributed by atoms with Crippen LogP contribution < -0.4 is 10.6 Å². The molecule has 0 saturated carbocycles. The smallest absolute Gasteiger partial charge is 0.260 e. The Kier molecular flexibility index (Phi) is 3.59. The number of para-hydroxylation sites is 1. The normalized spacial score (nSPS) is 13.9. The highest BCUT2D eigenvalue weighted by molar-refractivity contribution is 7.99. The molecule has 0 fully saturated rings. The second kappa shape index (κ2) is 5.38. The summed E-state index contributed by atoms with van der Waals surface area (Å²) in [6, 6.07) is 12.9. The second-order valence-corrected chi connectivity index (χ2v) is 6.08. The lowest BCUT2D eigenvalue weighted by atomic mass is 10.1. The fourth-order valence-corrected chi connectivity index (χ4v) is 3.43. The van der Waals surface area contributed by atoms with E-state index in [1.54, 1.807) is 34.9 Å². The fourth-order valence-electron chi connectivity index (χ4n) is 2.25. The van der Waals surface area contributed by atoms with E-state index in [-0.39, 0.29) is 5.91 Å². The molecule has 0 aromatic heterocycles. The van der Waals surface area contributed by atoms with Gasteiger partial charge in [0.2, 0.25) is 0 Å². The van der Waals surface area contributed by atoms with Crippen LogP contribution in [0.5, 0.6) is 0 Å². The van der Waals surface area contributed by atoms with Crippen LogP contribution in [-0.2, 0) is 0 Å². The third-order valence-corrected chi connectivity index (χ3v) is 4.50. The number of nitrogen functional groups attached to an aromatic ring is 1. The van der Waals surface area contributed by atoms with Crippen LogP contribution in [0.1, 0.15) is 10.4 Å². The van der Waals surface area contributed by atoms with Gasteiger partial charge in [0.25, 0.3) is 5.91 Å². The van der Waals surface area contributed by atoms with E-state index < -0.39 is 0 Å². The molecule has 3 rings (SSSR count). The number of halogens is 1. The van der Waals surface area contributed by atoms with Crippen LogP contribution in [-0.4, -0.2) is 18.2 Å². The van der Waals surface area contributed by atoms with Crippen LogP contribution in [0.25, 0.3) is 0 Å². The van der Waals surface area contributed by atoms with E-state index in [9.17, 15) is 4.79 Å². The molecule has 2 N–H and O–H groups in total. The predicted octanol–water partition coefficient (Wildman–Crippen LogP) is 3.67. The van der Waals surface area contributed by atoms with Gasteiger partial charge >= 0.3 is 0 Å². The number of fused-ring (bicyclic) bond motifs is 1. The summed E-state index contributed by atoms with van der Waals surface area (Å²) in [5, 5.41) is 0.536. The minimum Gasteiger partial charge on any atom is -0.398 e. The Morgan fingerprint density at radius 3 is 2.85 bits per heavy atom. The highest BCUT2D eigenvalue weighted by Crippen LogP contribution is 2.35. The van der Waals surface area contributed by atoms with Gasteiger partial charge in [0.15, 0.2) is 0 Å². The number of anilines is 2. The molecular formula is C15H13ClN2OS. The van der Waals surface area contributed by atoms with Gasteiger partial charge in [-0.1, -0.05) is 23.7 Å². The summed E-state index contributed by atoms with van der Waals surface area (Å²) < 4.78 is 0. The summed E-state index contributed by atoms with van der Waals surface area (Å²) in [7, 11) is 0. The van der Waals surface area contributed by atoms with Crippen LogP contribution in [0.4, 0.5) is 11.4 Å². The van der Waals surface area contributed by atoms with Gasteiger partial charge in [-0.3, -0.25) is 4.79 Å². The molecule has 0 aliphatic carbocycles. The SMILES string of the molecule is Nc1cc(Cl)ccc1C(=O)N1CCSc2ccccc21. The molecular weight excluding hydrogens is 292 g/mol. The molecule has 3 nitrogen and oxygen atoms in total. The summed E-state index contributed by atoms with van der Waals surface area (Å²) >= 11 is 7.65. The van der Waals surface area contributed by atoms with Gasteiger partial charge in [0.1, 0.15) is 0 Å². The minimum absolute atomic E-state index is 0.0769. The number of nitrogens with zero attached hydrogens (tertiary/aromatic N) is 1. The number of amides is 1. The molecule has 0 spiro atoms. The van der Waals surface area contributed by atoms with Gasteiger partial charge in [-0.05, 0) is 30.3 Å². The van der Waals surface area contributed by atoms with Crippen molar-refractivity contribution in [2.45, 2.75) is 4.90 Å². The highest BCUT2D eigenvalue weighted by atomic mass is 35.5. The molecule has 1 aliphatic rings. The lowest BCUT2D eigenvalue weighted by Gasteiger charge is -2.29. The highest BCUT2D eigenvalue weighted by Gasteiger charge is 2.24. The molecule has 1 amide bonds. The maximum Gasteiger partial charge on any atom is 0.260 e. The van der Waals surface area contributed by atoms with Crippen LogP contribution in [0.3, 0.4) is 0 Å². The zero-order valence-corrected chi connectivity index (χ0v) is 12.2. The van der Waals surface area contributed by atoms with Crippen molar-refractivity contribution < 1.29 is 4.79 Å². The maximum atomic E-state index is 12.7. The molecule has 0 bridgehead atoms. The first-order chi connectivity index (χ1) is 9.66. The summed E-state index contributed by atoms with van der Waals surface area (Å²) in [6.07, 6.45) is 0. The Labute approximate surface area is 126 Å². The first kappa shape index (κ1) is 13.3. The topological polar surface area (TPSA) is 46.3 Å². The fraction of sp³-hybridized carbons (Fsp3) is 0.133. The zero-order valence-electron chi connectivity index (χ0n) is 10.7. The van der Waals surface area contributed by atoms with Crippen LogP contribution in [0.15, 0.2) is 47.4 Å². The van der Waals surface area contributed by atoms with Gasteiger partial charge in [0, 0.05) is 27.9 Å².